The molecule has 1 saturated carbocycles. The fraction of sp³-hybridized carbons (Fsp3) is 0.538. The Hall–Kier alpha value is -1.02. The van der Waals surface area contributed by atoms with Crippen LogP contribution in [-0.4, -0.2) is 19.6 Å². The fourth-order valence-corrected chi connectivity index (χ4v) is 2.05. The van der Waals surface area contributed by atoms with E-state index < -0.39 is 0 Å². The molecule has 0 spiro atoms. The van der Waals surface area contributed by atoms with Crippen LogP contribution in [0.1, 0.15) is 25.3 Å². The first-order valence-electron chi connectivity index (χ1n) is 5.85. The zero-order valence-corrected chi connectivity index (χ0v) is 9.66. The molecule has 0 heterocycles. The summed E-state index contributed by atoms with van der Waals surface area (Å²) in [5.74, 6) is 0. The van der Waals surface area contributed by atoms with E-state index in [1.807, 2.05) is 7.05 Å². The van der Waals surface area contributed by atoms with Gasteiger partial charge in [-0.1, -0.05) is 12.1 Å². The number of nitrogens with zero attached hydrogens (tertiary/aromatic N) is 1. The number of nitrogens with one attached hydrogen (secondary N) is 1. The van der Waals surface area contributed by atoms with Gasteiger partial charge in [0.1, 0.15) is 0 Å². The van der Waals surface area contributed by atoms with Crippen LogP contribution in [0.25, 0.3) is 0 Å². The van der Waals surface area contributed by atoms with Gasteiger partial charge in [-0.2, -0.15) is 0 Å². The Bertz CT molecular complexity index is 301. The maximum absolute atomic E-state index is 3.17. The highest BCUT2D eigenvalue weighted by molar-refractivity contribution is 5.49. The van der Waals surface area contributed by atoms with Crippen molar-refractivity contribution in [2.24, 2.45) is 0 Å². The Morgan fingerprint density at radius 1 is 1.27 bits per heavy atom. The van der Waals surface area contributed by atoms with E-state index in [0.29, 0.717) is 0 Å². The van der Waals surface area contributed by atoms with Crippen LogP contribution in [0.5, 0.6) is 0 Å². The van der Waals surface area contributed by atoms with E-state index in [2.05, 4.69) is 41.4 Å². The minimum absolute atomic E-state index is 0.810. The molecule has 1 N–H and O–H groups in total. The Morgan fingerprint density at radius 2 is 1.93 bits per heavy atom. The standard InChI is InChI=1S/C13H20N2/c1-3-15(13-8-9-13)12-6-4-11(5-7-12)10-14-2/h4-7,13-14H,3,8-10H2,1-2H3. The second-order valence-corrected chi connectivity index (χ2v) is 4.21. The highest BCUT2D eigenvalue weighted by atomic mass is 15.2. The molecule has 1 aromatic rings. The van der Waals surface area contributed by atoms with Crippen molar-refractivity contribution in [2.75, 3.05) is 18.5 Å². The zero-order valence-electron chi connectivity index (χ0n) is 9.66. The monoisotopic (exact) mass is 204 g/mol. The average Bonchev–Trinajstić information content (AvgIpc) is 3.06. The average molecular weight is 204 g/mol. The molecule has 0 aromatic heterocycles. The maximum Gasteiger partial charge on any atom is 0.0368 e. The molecule has 1 aliphatic rings. The summed E-state index contributed by atoms with van der Waals surface area (Å²) in [6.07, 6.45) is 2.73. The molecular formula is C13H20N2. The maximum atomic E-state index is 3.17. The van der Waals surface area contributed by atoms with Gasteiger partial charge in [-0.15, -0.1) is 0 Å². The summed E-state index contributed by atoms with van der Waals surface area (Å²) in [5.41, 5.74) is 2.73. The van der Waals surface area contributed by atoms with Gasteiger partial charge < -0.3 is 10.2 Å². The zero-order chi connectivity index (χ0) is 10.7. The van der Waals surface area contributed by atoms with E-state index >= 15 is 0 Å². The SMILES string of the molecule is CCN(c1ccc(CNC)cc1)C1CC1. The lowest BCUT2D eigenvalue weighted by Crippen LogP contribution is -2.24. The summed E-state index contributed by atoms with van der Waals surface area (Å²) in [5, 5.41) is 3.17. The molecule has 1 fully saturated rings. The van der Waals surface area contributed by atoms with Gasteiger partial charge in [0, 0.05) is 24.8 Å². The first-order valence-corrected chi connectivity index (χ1v) is 5.85. The minimum atomic E-state index is 0.810. The summed E-state index contributed by atoms with van der Waals surface area (Å²) >= 11 is 0. The molecule has 0 atom stereocenters. The largest absolute Gasteiger partial charge is 0.369 e. The van der Waals surface area contributed by atoms with Gasteiger partial charge in [-0.05, 0) is 44.5 Å². The lowest BCUT2D eigenvalue weighted by atomic mass is 10.2. The van der Waals surface area contributed by atoms with Crippen LogP contribution in [-0.2, 0) is 6.54 Å². The summed E-state index contributed by atoms with van der Waals surface area (Å²) in [6.45, 7) is 4.31. The summed E-state index contributed by atoms with van der Waals surface area (Å²) in [7, 11) is 1.98. The fourth-order valence-electron chi connectivity index (χ4n) is 2.05. The van der Waals surface area contributed by atoms with Gasteiger partial charge in [0.25, 0.3) is 0 Å². The molecule has 0 aliphatic heterocycles. The van der Waals surface area contributed by atoms with Crippen LogP contribution in [0.3, 0.4) is 0 Å². The lowest BCUT2D eigenvalue weighted by molar-refractivity contribution is 0.810. The van der Waals surface area contributed by atoms with E-state index in [-0.39, 0.29) is 0 Å². The molecule has 15 heavy (non-hydrogen) atoms. The molecule has 2 rings (SSSR count). The number of rotatable bonds is 5. The van der Waals surface area contributed by atoms with Gasteiger partial charge in [-0.3, -0.25) is 0 Å². The van der Waals surface area contributed by atoms with Crippen LogP contribution in [0, 0.1) is 0 Å². The Kier molecular flexibility index (Phi) is 3.27. The first kappa shape index (κ1) is 10.5. The number of anilines is 1. The second kappa shape index (κ2) is 4.67. The van der Waals surface area contributed by atoms with Crippen molar-refractivity contribution in [3.63, 3.8) is 0 Å². The lowest BCUT2D eigenvalue weighted by Gasteiger charge is -2.22. The van der Waals surface area contributed by atoms with E-state index in [1.165, 1.54) is 24.1 Å². The third-order valence-electron chi connectivity index (χ3n) is 2.98. The molecule has 0 amide bonds. The van der Waals surface area contributed by atoms with Crippen molar-refractivity contribution >= 4 is 5.69 Å². The van der Waals surface area contributed by atoms with E-state index in [0.717, 1.165) is 19.1 Å². The van der Waals surface area contributed by atoms with Crippen molar-refractivity contribution < 1.29 is 0 Å². The van der Waals surface area contributed by atoms with Crippen LogP contribution in [0.15, 0.2) is 24.3 Å². The number of hydrogen-bond donors (Lipinski definition) is 1. The topological polar surface area (TPSA) is 15.3 Å². The predicted molar refractivity (Wildman–Crippen MR) is 65.2 cm³/mol. The van der Waals surface area contributed by atoms with E-state index in [1.54, 1.807) is 0 Å². The van der Waals surface area contributed by atoms with Crippen LogP contribution in [0.2, 0.25) is 0 Å². The summed E-state index contributed by atoms with van der Waals surface area (Å²) < 4.78 is 0. The second-order valence-electron chi connectivity index (χ2n) is 4.21. The third kappa shape index (κ3) is 2.51. The molecule has 0 bridgehead atoms. The van der Waals surface area contributed by atoms with Crippen molar-refractivity contribution in [1.82, 2.24) is 5.32 Å². The molecule has 1 aliphatic carbocycles. The van der Waals surface area contributed by atoms with Crippen molar-refractivity contribution in [1.29, 1.82) is 0 Å². The predicted octanol–water partition coefficient (Wildman–Crippen LogP) is 2.39. The normalized spacial score (nSPS) is 15.3. The Labute approximate surface area is 92.3 Å². The smallest absolute Gasteiger partial charge is 0.0368 e. The van der Waals surface area contributed by atoms with Crippen molar-refractivity contribution in [3.8, 4) is 0 Å². The quantitative estimate of drug-likeness (QED) is 0.792. The summed E-state index contributed by atoms with van der Waals surface area (Å²) in [4.78, 5) is 2.50. The molecule has 2 heteroatoms. The summed E-state index contributed by atoms with van der Waals surface area (Å²) in [6, 6.07) is 9.74. The Balaban J connectivity index is 2.07. The Morgan fingerprint density at radius 3 is 2.40 bits per heavy atom. The van der Waals surface area contributed by atoms with Gasteiger partial charge in [0.15, 0.2) is 0 Å². The van der Waals surface area contributed by atoms with Gasteiger partial charge in [-0.25, -0.2) is 0 Å². The minimum Gasteiger partial charge on any atom is -0.369 e. The van der Waals surface area contributed by atoms with Crippen LogP contribution >= 0.6 is 0 Å². The number of benzene rings is 1. The van der Waals surface area contributed by atoms with Gasteiger partial charge in [0.05, 0.1) is 0 Å². The highest BCUT2D eigenvalue weighted by Gasteiger charge is 2.27. The highest BCUT2D eigenvalue weighted by Crippen LogP contribution is 2.31. The molecular weight excluding hydrogens is 184 g/mol. The molecule has 0 radical (unpaired) electrons. The van der Waals surface area contributed by atoms with Gasteiger partial charge in [0.2, 0.25) is 0 Å². The third-order valence-corrected chi connectivity index (χ3v) is 2.98. The van der Waals surface area contributed by atoms with Crippen LogP contribution < -0.4 is 10.2 Å². The molecule has 0 unspecified atom stereocenters. The first-order chi connectivity index (χ1) is 7.35. The van der Waals surface area contributed by atoms with E-state index in [4.69, 9.17) is 0 Å². The number of hydrogen-bond acceptors (Lipinski definition) is 2. The van der Waals surface area contributed by atoms with Crippen molar-refractivity contribution in [3.05, 3.63) is 29.8 Å². The molecule has 0 saturated heterocycles. The molecule has 1 aromatic carbocycles. The van der Waals surface area contributed by atoms with Gasteiger partial charge >= 0.3 is 0 Å². The van der Waals surface area contributed by atoms with Crippen LogP contribution in [0.4, 0.5) is 5.69 Å². The van der Waals surface area contributed by atoms with E-state index in [9.17, 15) is 0 Å². The molecule has 82 valence electrons. The molecule has 2 nitrogen and oxygen atoms in total. The van der Waals surface area contributed by atoms with Crippen molar-refractivity contribution in [2.45, 2.75) is 32.4 Å².